The van der Waals surface area contributed by atoms with Crippen molar-refractivity contribution in [2.75, 3.05) is 17.2 Å². The number of amides is 2. The third kappa shape index (κ3) is 4.61. The van der Waals surface area contributed by atoms with Gasteiger partial charge in [0.05, 0.1) is 6.61 Å². The van der Waals surface area contributed by atoms with Crippen LogP contribution in [0.4, 0.5) is 29.3 Å². The number of hydrogen-bond donors (Lipinski definition) is 3. The number of rotatable bonds is 5. The molecule has 0 heterocycles. The van der Waals surface area contributed by atoms with Crippen molar-refractivity contribution in [1.29, 1.82) is 0 Å². The molecule has 0 saturated heterocycles. The minimum Gasteiger partial charge on any atom is -0.463 e. The molecule has 1 atom stereocenters. The Labute approximate surface area is 175 Å². The van der Waals surface area contributed by atoms with Crippen LogP contribution in [-0.4, -0.2) is 29.9 Å². The van der Waals surface area contributed by atoms with Gasteiger partial charge in [-0.05, 0) is 42.0 Å². The zero-order valence-electron chi connectivity index (χ0n) is 16.4. The maximum atomic E-state index is 13.4. The minimum atomic E-state index is -5.29. The van der Waals surface area contributed by atoms with Gasteiger partial charge < -0.3 is 20.5 Å². The SMILES string of the molecule is CCOC(=O)[C@](O)(c1ccc(NC(=O)Nc2ccc3ccccc3c2)cc1)C(F)(F)F. The number of carbonyl (C=O) groups is 2. The van der Waals surface area contributed by atoms with Gasteiger partial charge in [-0.1, -0.05) is 42.5 Å². The topological polar surface area (TPSA) is 87.7 Å². The van der Waals surface area contributed by atoms with Crippen LogP contribution in [0.2, 0.25) is 0 Å². The number of fused-ring (bicyclic) bond motifs is 1. The van der Waals surface area contributed by atoms with Crippen molar-refractivity contribution in [2.24, 2.45) is 0 Å². The van der Waals surface area contributed by atoms with Crippen LogP contribution in [0.25, 0.3) is 10.8 Å². The van der Waals surface area contributed by atoms with Crippen LogP contribution in [0.5, 0.6) is 0 Å². The number of urea groups is 1. The highest BCUT2D eigenvalue weighted by Crippen LogP contribution is 2.40. The average Bonchev–Trinajstić information content (AvgIpc) is 2.73. The normalized spacial score (nSPS) is 13.3. The number of aliphatic hydroxyl groups is 1. The summed E-state index contributed by atoms with van der Waals surface area (Å²) in [5.41, 5.74) is -3.84. The van der Waals surface area contributed by atoms with E-state index >= 15 is 0 Å². The van der Waals surface area contributed by atoms with Crippen LogP contribution < -0.4 is 10.6 Å². The molecule has 0 aliphatic heterocycles. The molecule has 0 radical (unpaired) electrons. The number of benzene rings is 3. The van der Waals surface area contributed by atoms with Crippen molar-refractivity contribution in [1.82, 2.24) is 0 Å². The molecule has 0 bridgehead atoms. The summed E-state index contributed by atoms with van der Waals surface area (Å²) < 4.78 is 44.6. The summed E-state index contributed by atoms with van der Waals surface area (Å²) in [5, 5.41) is 17.1. The molecule has 6 nitrogen and oxygen atoms in total. The molecule has 31 heavy (non-hydrogen) atoms. The number of carbonyl (C=O) groups excluding carboxylic acids is 2. The zero-order valence-corrected chi connectivity index (χ0v) is 16.4. The lowest BCUT2D eigenvalue weighted by atomic mass is 9.93. The second-order valence-electron chi connectivity index (χ2n) is 6.65. The van der Waals surface area contributed by atoms with Crippen LogP contribution >= 0.6 is 0 Å². The maximum Gasteiger partial charge on any atom is 0.432 e. The third-order valence-corrected chi connectivity index (χ3v) is 4.55. The summed E-state index contributed by atoms with van der Waals surface area (Å²) in [6, 6.07) is 16.4. The summed E-state index contributed by atoms with van der Waals surface area (Å²) in [6.45, 7) is 1.00. The summed E-state index contributed by atoms with van der Waals surface area (Å²) in [4.78, 5) is 24.0. The summed E-state index contributed by atoms with van der Waals surface area (Å²) in [5.74, 6) is -1.82. The van der Waals surface area contributed by atoms with Gasteiger partial charge in [-0.15, -0.1) is 0 Å². The second kappa shape index (κ2) is 8.65. The highest BCUT2D eigenvalue weighted by molar-refractivity contribution is 6.01. The van der Waals surface area contributed by atoms with Gasteiger partial charge in [-0.25, -0.2) is 9.59 Å². The van der Waals surface area contributed by atoms with Crippen molar-refractivity contribution in [2.45, 2.75) is 18.7 Å². The molecule has 3 N–H and O–H groups in total. The third-order valence-electron chi connectivity index (χ3n) is 4.55. The van der Waals surface area contributed by atoms with Crippen LogP contribution in [0.1, 0.15) is 12.5 Å². The number of halogens is 3. The summed E-state index contributed by atoms with van der Waals surface area (Å²) >= 11 is 0. The molecule has 0 fully saturated rings. The molecule has 0 saturated carbocycles. The first-order valence-corrected chi connectivity index (χ1v) is 9.29. The largest absolute Gasteiger partial charge is 0.463 e. The minimum absolute atomic E-state index is 0.162. The number of nitrogens with one attached hydrogen (secondary N) is 2. The highest BCUT2D eigenvalue weighted by atomic mass is 19.4. The Kier molecular flexibility index (Phi) is 6.16. The van der Waals surface area contributed by atoms with Gasteiger partial charge in [-0.2, -0.15) is 13.2 Å². The van der Waals surface area contributed by atoms with E-state index in [0.29, 0.717) is 5.69 Å². The molecule has 0 spiro atoms. The van der Waals surface area contributed by atoms with Gasteiger partial charge in [0.25, 0.3) is 5.60 Å². The molecule has 0 aliphatic rings. The second-order valence-corrected chi connectivity index (χ2v) is 6.65. The van der Waals surface area contributed by atoms with Crippen molar-refractivity contribution in [3.63, 3.8) is 0 Å². The van der Waals surface area contributed by atoms with Crippen molar-refractivity contribution < 1.29 is 32.6 Å². The molecule has 0 aromatic heterocycles. The quantitative estimate of drug-likeness (QED) is 0.506. The van der Waals surface area contributed by atoms with Crippen LogP contribution in [0.15, 0.2) is 66.7 Å². The lowest BCUT2D eigenvalue weighted by molar-refractivity contribution is -0.267. The van der Waals surface area contributed by atoms with Crippen LogP contribution in [0, 0.1) is 0 Å². The van der Waals surface area contributed by atoms with Crippen molar-refractivity contribution in [3.05, 3.63) is 72.3 Å². The molecule has 9 heteroatoms. The smallest absolute Gasteiger partial charge is 0.432 e. The first-order valence-electron chi connectivity index (χ1n) is 9.29. The van der Waals surface area contributed by atoms with Gasteiger partial charge in [0, 0.05) is 16.9 Å². The van der Waals surface area contributed by atoms with Gasteiger partial charge >= 0.3 is 18.2 Å². The van der Waals surface area contributed by atoms with Gasteiger partial charge in [0.1, 0.15) is 0 Å². The first kappa shape index (κ1) is 22.1. The molecule has 162 valence electrons. The van der Waals surface area contributed by atoms with E-state index in [0.717, 1.165) is 35.0 Å². The Balaban J connectivity index is 1.74. The highest BCUT2D eigenvalue weighted by Gasteiger charge is 2.62. The van der Waals surface area contributed by atoms with E-state index in [1.165, 1.54) is 6.92 Å². The van der Waals surface area contributed by atoms with Crippen LogP contribution in [-0.2, 0) is 15.1 Å². The average molecular weight is 432 g/mol. The van der Waals surface area contributed by atoms with E-state index in [1.807, 2.05) is 30.3 Å². The predicted octanol–water partition coefficient (Wildman–Crippen LogP) is 4.80. The Morgan fingerprint density at radius 2 is 1.48 bits per heavy atom. The van der Waals surface area contributed by atoms with E-state index in [-0.39, 0.29) is 12.3 Å². The Morgan fingerprint density at radius 1 is 0.903 bits per heavy atom. The lowest BCUT2D eigenvalue weighted by Gasteiger charge is -2.28. The fraction of sp³-hybridized carbons (Fsp3) is 0.182. The fourth-order valence-corrected chi connectivity index (χ4v) is 2.99. The maximum absolute atomic E-state index is 13.4. The number of esters is 1. The van der Waals surface area contributed by atoms with E-state index < -0.39 is 29.3 Å². The van der Waals surface area contributed by atoms with Gasteiger partial charge in [-0.3, -0.25) is 0 Å². The van der Waals surface area contributed by atoms with E-state index in [4.69, 9.17) is 0 Å². The predicted molar refractivity (Wildman–Crippen MR) is 110 cm³/mol. The lowest BCUT2D eigenvalue weighted by Crippen LogP contribution is -2.50. The zero-order chi connectivity index (χ0) is 22.6. The van der Waals surface area contributed by atoms with Crippen molar-refractivity contribution in [3.8, 4) is 0 Å². The Morgan fingerprint density at radius 3 is 2.10 bits per heavy atom. The Hall–Kier alpha value is -3.59. The first-order chi connectivity index (χ1) is 14.6. The number of hydrogen-bond acceptors (Lipinski definition) is 4. The fourth-order valence-electron chi connectivity index (χ4n) is 2.99. The van der Waals surface area contributed by atoms with Gasteiger partial charge in [0.15, 0.2) is 0 Å². The monoisotopic (exact) mass is 432 g/mol. The van der Waals surface area contributed by atoms with Crippen LogP contribution in [0.3, 0.4) is 0 Å². The summed E-state index contributed by atoms with van der Waals surface area (Å²) in [7, 11) is 0. The molecule has 3 aromatic rings. The van der Waals surface area contributed by atoms with E-state index in [2.05, 4.69) is 15.4 Å². The summed E-state index contributed by atoms with van der Waals surface area (Å²) in [6.07, 6.45) is -5.29. The molecule has 0 aliphatic carbocycles. The molecule has 3 aromatic carbocycles. The number of alkyl halides is 3. The van der Waals surface area contributed by atoms with Crippen molar-refractivity contribution >= 4 is 34.1 Å². The molecule has 3 rings (SSSR count). The molecule has 0 unspecified atom stereocenters. The molecule has 2 amide bonds. The molecular formula is C22H19F3N2O4. The number of ether oxygens (including phenoxy) is 1. The number of anilines is 2. The van der Waals surface area contributed by atoms with E-state index in [1.54, 1.807) is 12.1 Å². The van der Waals surface area contributed by atoms with E-state index in [9.17, 15) is 27.9 Å². The standard InChI is InChI=1S/C22H19F3N2O4/c1-2-31-19(28)21(30,22(23,24)25)16-8-11-17(12-9-16)26-20(29)27-18-10-7-14-5-3-4-6-15(14)13-18/h3-13,30H,2H2,1H3,(H2,26,27,29)/t21-/m1/s1. The molecular weight excluding hydrogens is 413 g/mol. The Bertz CT molecular complexity index is 1100. The van der Waals surface area contributed by atoms with Gasteiger partial charge in [0.2, 0.25) is 0 Å².